The molecule has 0 spiro atoms. The van der Waals surface area contributed by atoms with E-state index in [0.717, 1.165) is 17.4 Å². The van der Waals surface area contributed by atoms with E-state index in [1.54, 1.807) is 0 Å². The fraction of sp³-hybridized carbons (Fsp3) is 0.417. The number of nitrogens with two attached hydrogens (primary N) is 1. The molecule has 1 aromatic rings. The molecule has 1 aliphatic rings. The van der Waals surface area contributed by atoms with Crippen LogP contribution < -0.4 is 11.2 Å². The van der Waals surface area contributed by atoms with Gasteiger partial charge in [0.1, 0.15) is 13.4 Å². The van der Waals surface area contributed by atoms with Crippen LogP contribution in [-0.2, 0) is 4.79 Å². The van der Waals surface area contributed by atoms with Crippen LogP contribution in [0, 0.1) is 0 Å². The molecule has 0 bridgehead atoms. The molecule has 0 aromatic heterocycles. The molecule has 82 valence electrons. The number of carbonyl (C=O) groups is 1. The lowest BCUT2D eigenvalue weighted by atomic mass is 9.89. The summed E-state index contributed by atoms with van der Waals surface area (Å²) in [5.74, 6) is -0.660. The first-order valence-electron chi connectivity index (χ1n) is 5.39. The van der Waals surface area contributed by atoms with Crippen molar-refractivity contribution in [3.63, 3.8) is 0 Å². The summed E-state index contributed by atoms with van der Waals surface area (Å²) in [7, 11) is 5.61. The second-order valence-corrected chi connectivity index (χ2v) is 4.57. The Labute approximate surface area is 96.1 Å². The Morgan fingerprint density at radius 2 is 2.06 bits per heavy atom. The summed E-state index contributed by atoms with van der Waals surface area (Å²) in [6, 6.07) is 7.58. The molecule has 4 heteroatoms. The zero-order chi connectivity index (χ0) is 11.8. The predicted octanol–water partition coefficient (Wildman–Crippen LogP) is 0.530. The van der Waals surface area contributed by atoms with E-state index in [0.29, 0.717) is 12.8 Å². The van der Waals surface area contributed by atoms with E-state index in [4.69, 9.17) is 18.7 Å². The molecule has 3 N–H and O–H groups in total. The molecule has 1 aliphatic carbocycles. The van der Waals surface area contributed by atoms with Gasteiger partial charge in [-0.1, -0.05) is 29.7 Å². The molecule has 0 heterocycles. The maximum Gasteiger partial charge on any atom is 0.323 e. The van der Waals surface area contributed by atoms with Gasteiger partial charge in [-0.3, -0.25) is 4.79 Å². The van der Waals surface area contributed by atoms with Gasteiger partial charge in [-0.2, -0.15) is 0 Å². The first kappa shape index (κ1) is 11.2. The SMILES string of the molecule is [B]c1ccc([C@@H]2CC[C@](N)(C(=O)O)C2)cc1. The van der Waals surface area contributed by atoms with Crippen molar-refractivity contribution in [1.29, 1.82) is 0 Å². The highest BCUT2D eigenvalue weighted by molar-refractivity contribution is 6.32. The molecule has 2 radical (unpaired) electrons. The molecule has 16 heavy (non-hydrogen) atoms. The van der Waals surface area contributed by atoms with Crippen LogP contribution in [0.25, 0.3) is 0 Å². The molecule has 0 amide bonds. The highest BCUT2D eigenvalue weighted by atomic mass is 16.4. The third-order valence-electron chi connectivity index (χ3n) is 3.38. The Hall–Kier alpha value is -1.29. The maximum absolute atomic E-state index is 11.0. The summed E-state index contributed by atoms with van der Waals surface area (Å²) in [6.45, 7) is 0. The van der Waals surface area contributed by atoms with Crippen molar-refractivity contribution < 1.29 is 9.90 Å². The Morgan fingerprint density at radius 3 is 2.56 bits per heavy atom. The van der Waals surface area contributed by atoms with Gasteiger partial charge in [0.2, 0.25) is 0 Å². The lowest BCUT2D eigenvalue weighted by Crippen LogP contribution is -2.45. The fourth-order valence-corrected chi connectivity index (χ4v) is 2.32. The average molecular weight is 215 g/mol. The molecule has 1 fully saturated rings. The minimum absolute atomic E-state index is 0.238. The van der Waals surface area contributed by atoms with E-state index in [1.165, 1.54) is 0 Å². The van der Waals surface area contributed by atoms with Gasteiger partial charge in [0, 0.05) is 0 Å². The zero-order valence-corrected chi connectivity index (χ0v) is 9.02. The van der Waals surface area contributed by atoms with Crippen molar-refractivity contribution in [2.75, 3.05) is 0 Å². The first-order valence-corrected chi connectivity index (χ1v) is 5.39. The van der Waals surface area contributed by atoms with Gasteiger partial charge in [-0.15, -0.1) is 0 Å². The van der Waals surface area contributed by atoms with Gasteiger partial charge >= 0.3 is 5.97 Å². The van der Waals surface area contributed by atoms with E-state index in [9.17, 15) is 4.79 Å². The van der Waals surface area contributed by atoms with Crippen LogP contribution in [0.1, 0.15) is 30.7 Å². The second kappa shape index (κ2) is 3.94. The summed E-state index contributed by atoms with van der Waals surface area (Å²) < 4.78 is 0. The predicted molar refractivity (Wildman–Crippen MR) is 63.0 cm³/mol. The van der Waals surface area contributed by atoms with E-state index in [-0.39, 0.29) is 5.92 Å². The lowest BCUT2D eigenvalue weighted by Gasteiger charge is -2.18. The van der Waals surface area contributed by atoms with Gasteiger partial charge in [-0.05, 0) is 30.7 Å². The van der Waals surface area contributed by atoms with Crippen LogP contribution in [0.3, 0.4) is 0 Å². The molecule has 3 nitrogen and oxygen atoms in total. The van der Waals surface area contributed by atoms with Crippen LogP contribution in [0.4, 0.5) is 0 Å². The fourth-order valence-electron chi connectivity index (χ4n) is 2.32. The third kappa shape index (κ3) is 1.98. The smallest absolute Gasteiger partial charge is 0.323 e. The summed E-state index contributed by atoms with van der Waals surface area (Å²) in [5, 5.41) is 9.04. The monoisotopic (exact) mass is 215 g/mol. The van der Waals surface area contributed by atoms with Crippen molar-refractivity contribution >= 4 is 19.3 Å². The van der Waals surface area contributed by atoms with Crippen molar-refractivity contribution in [2.45, 2.75) is 30.7 Å². The largest absolute Gasteiger partial charge is 0.480 e. The van der Waals surface area contributed by atoms with Crippen molar-refractivity contribution in [2.24, 2.45) is 5.73 Å². The number of carboxylic acid groups (broad SMARTS) is 1. The molecule has 1 aromatic carbocycles. The quantitative estimate of drug-likeness (QED) is 0.707. The Bertz CT molecular complexity index is 404. The van der Waals surface area contributed by atoms with Gasteiger partial charge in [0.25, 0.3) is 0 Å². The van der Waals surface area contributed by atoms with E-state index < -0.39 is 11.5 Å². The molecule has 0 saturated heterocycles. The van der Waals surface area contributed by atoms with Gasteiger partial charge in [0.05, 0.1) is 0 Å². The highest BCUT2D eigenvalue weighted by Crippen LogP contribution is 2.39. The number of carboxylic acids is 1. The van der Waals surface area contributed by atoms with Crippen LogP contribution in [0.2, 0.25) is 0 Å². The van der Waals surface area contributed by atoms with E-state index >= 15 is 0 Å². The molecular weight excluding hydrogens is 201 g/mol. The van der Waals surface area contributed by atoms with Crippen molar-refractivity contribution in [3.05, 3.63) is 29.8 Å². The minimum atomic E-state index is -1.05. The second-order valence-electron chi connectivity index (χ2n) is 4.57. The van der Waals surface area contributed by atoms with Gasteiger partial charge < -0.3 is 10.8 Å². The minimum Gasteiger partial charge on any atom is -0.480 e. The van der Waals surface area contributed by atoms with Crippen LogP contribution >= 0.6 is 0 Å². The Balaban J connectivity index is 2.15. The van der Waals surface area contributed by atoms with Crippen molar-refractivity contribution in [1.82, 2.24) is 0 Å². The topological polar surface area (TPSA) is 63.3 Å². The molecule has 0 aliphatic heterocycles. The molecule has 2 atom stereocenters. The summed E-state index contributed by atoms with van der Waals surface area (Å²) in [4.78, 5) is 11.0. The average Bonchev–Trinajstić information content (AvgIpc) is 2.63. The maximum atomic E-state index is 11.0. The molecule has 0 unspecified atom stereocenters. The molecule has 1 saturated carbocycles. The number of aliphatic carboxylic acids is 1. The third-order valence-corrected chi connectivity index (χ3v) is 3.38. The summed E-state index contributed by atoms with van der Waals surface area (Å²) in [6.07, 6.45) is 1.87. The van der Waals surface area contributed by atoms with E-state index in [2.05, 4.69) is 0 Å². The number of hydrogen-bond donors (Lipinski definition) is 2. The molecular formula is C12H14BNO2. The Morgan fingerprint density at radius 1 is 1.44 bits per heavy atom. The number of rotatable bonds is 2. The lowest BCUT2D eigenvalue weighted by molar-refractivity contribution is -0.143. The van der Waals surface area contributed by atoms with Crippen LogP contribution in [0.5, 0.6) is 0 Å². The zero-order valence-electron chi connectivity index (χ0n) is 9.02. The molecule has 2 rings (SSSR count). The van der Waals surface area contributed by atoms with E-state index in [1.807, 2.05) is 24.3 Å². The number of benzene rings is 1. The Kier molecular flexibility index (Phi) is 2.76. The van der Waals surface area contributed by atoms with Gasteiger partial charge in [-0.25, -0.2) is 0 Å². The van der Waals surface area contributed by atoms with Crippen LogP contribution in [0.15, 0.2) is 24.3 Å². The first-order chi connectivity index (χ1) is 7.51. The van der Waals surface area contributed by atoms with Gasteiger partial charge in [0.15, 0.2) is 0 Å². The summed E-state index contributed by atoms with van der Waals surface area (Å²) in [5.41, 5.74) is 6.63. The van der Waals surface area contributed by atoms with Crippen LogP contribution in [-0.4, -0.2) is 24.5 Å². The number of hydrogen-bond acceptors (Lipinski definition) is 2. The normalized spacial score (nSPS) is 29.2. The standard InChI is InChI=1S/C12H14BNO2/c13-10-3-1-8(2-4-10)9-5-6-12(14,7-9)11(15)16/h1-4,9H,5-7,14H2,(H,15,16)/t9-,12-/m1/s1. The van der Waals surface area contributed by atoms with Crippen molar-refractivity contribution in [3.8, 4) is 0 Å². The highest BCUT2D eigenvalue weighted by Gasteiger charge is 2.42. The summed E-state index contributed by atoms with van der Waals surface area (Å²) >= 11 is 0.